The first-order valence-corrected chi connectivity index (χ1v) is 5.79. The molecule has 1 rings (SSSR count). The summed E-state index contributed by atoms with van der Waals surface area (Å²) >= 11 is 0. The van der Waals surface area contributed by atoms with Crippen molar-refractivity contribution in [2.45, 2.75) is 19.1 Å². The average Bonchev–Trinajstić information content (AvgIpc) is 2.43. The lowest BCUT2D eigenvalue weighted by Gasteiger charge is -2.14. The molecule has 0 spiro atoms. The Morgan fingerprint density at radius 1 is 1.50 bits per heavy atom. The standard InChI is InChI=1S/C13H19NO4/c1-14-12(13(16)17-2)6-7-18-11-5-3-4-10(8-11)9-15/h3-5,8,12,14-15H,6-7,9H2,1-2H3. The number of ether oxygens (including phenoxy) is 2. The Morgan fingerprint density at radius 2 is 2.28 bits per heavy atom. The molecule has 0 saturated carbocycles. The van der Waals surface area contributed by atoms with Crippen LogP contribution in [0.5, 0.6) is 5.75 Å². The lowest BCUT2D eigenvalue weighted by atomic mass is 10.2. The van der Waals surface area contributed by atoms with E-state index < -0.39 is 0 Å². The first-order chi connectivity index (χ1) is 8.71. The van der Waals surface area contributed by atoms with Crippen LogP contribution in [0.2, 0.25) is 0 Å². The van der Waals surface area contributed by atoms with Crippen LogP contribution in [-0.4, -0.2) is 37.9 Å². The number of rotatable bonds is 7. The minimum absolute atomic E-state index is 0.0154. The number of benzene rings is 1. The van der Waals surface area contributed by atoms with Gasteiger partial charge in [-0.1, -0.05) is 12.1 Å². The maximum atomic E-state index is 11.3. The maximum Gasteiger partial charge on any atom is 0.322 e. The summed E-state index contributed by atoms with van der Waals surface area (Å²) < 4.78 is 10.2. The average molecular weight is 253 g/mol. The molecule has 1 unspecified atom stereocenters. The van der Waals surface area contributed by atoms with Crippen LogP contribution in [0.4, 0.5) is 0 Å². The SMILES string of the molecule is CNC(CCOc1cccc(CO)c1)C(=O)OC. The molecule has 1 aromatic rings. The smallest absolute Gasteiger partial charge is 0.322 e. The van der Waals surface area contributed by atoms with Gasteiger partial charge in [0.15, 0.2) is 0 Å². The normalized spacial score (nSPS) is 11.9. The monoisotopic (exact) mass is 253 g/mol. The number of aliphatic hydroxyl groups is 1. The molecule has 0 bridgehead atoms. The van der Waals surface area contributed by atoms with Gasteiger partial charge < -0.3 is 19.9 Å². The van der Waals surface area contributed by atoms with E-state index in [0.29, 0.717) is 18.8 Å². The Kier molecular flexibility index (Phi) is 6.18. The van der Waals surface area contributed by atoms with E-state index in [1.165, 1.54) is 7.11 Å². The van der Waals surface area contributed by atoms with Gasteiger partial charge in [0.25, 0.3) is 0 Å². The van der Waals surface area contributed by atoms with Crippen molar-refractivity contribution in [1.82, 2.24) is 5.32 Å². The fourth-order valence-electron chi connectivity index (χ4n) is 1.55. The third-order valence-corrected chi connectivity index (χ3v) is 2.59. The van der Waals surface area contributed by atoms with E-state index in [9.17, 15) is 4.79 Å². The highest BCUT2D eigenvalue weighted by atomic mass is 16.5. The van der Waals surface area contributed by atoms with E-state index in [4.69, 9.17) is 9.84 Å². The molecule has 0 saturated heterocycles. The van der Waals surface area contributed by atoms with E-state index >= 15 is 0 Å². The Labute approximate surface area is 107 Å². The minimum Gasteiger partial charge on any atom is -0.494 e. The zero-order chi connectivity index (χ0) is 13.4. The Bertz CT molecular complexity index is 381. The second-order valence-corrected chi connectivity index (χ2v) is 3.81. The van der Waals surface area contributed by atoms with E-state index in [1.54, 1.807) is 13.1 Å². The van der Waals surface area contributed by atoms with Crippen LogP contribution in [0.15, 0.2) is 24.3 Å². The van der Waals surface area contributed by atoms with E-state index in [-0.39, 0.29) is 18.6 Å². The lowest BCUT2D eigenvalue weighted by molar-refractivity contribution is -0.143. The molecule has 5 heteroatoms. The molecule has 2 N–H and O–H groups in total. The number of esters is 1. The number of methoxy groups -OCH3 is 1. The highest BCUT2D eigenvalue weighted by molar-refractivity contribution is 5.75. The fourth-order valence-corrected chi connectivity index (χ4v) is 1.55. The number of hydrogen-bond acceptors (Lipinski definition) is 5. The maximum absolute atomic E-state index is 11.3. The van der Waals surface area contributed by atoms with Crippen LogP contribution in [0, 0.1) is 0 Å². The van der Waals surface area contributed by atoms with Crippen molar-refractivity contribution in [1.29, 1.82) is 0 Å². The van der Waals surface area contributed by atoms with Crippen LogP contribution in [0.3, 0.4) is 0 Å². The number of hydrogen-bond donors (Lipinski definition) is 2. The molecule has 0 amide bonds. The highest BCUT2D eigenvalue weighted by Gasteiger charge is 2.16. The summed E-state index contributed by atoms with van der Waals surface area (Å²) in [5.74, 6) is 0.381. The summed E-state index contributed by atoms with van der Waals surface area (Å²) in [6.45, 7) is 0.383. The van der Waals surface area contributed by atoms with E-state index in [0.717, 1.165) is 5.56 Å². The van der Waals surface area contributed by atoms with Gasteiger partial charge >= 0.3 is 5.97 Å². The summed E-state index contributed by atoms with van der Waals surface area (Å²) in [6.07, 6.45) is 0.520. The first kappa shape index (κ1) is 14.5. The summed E-state index contributed by atoms with van der Waals surface area (Å²) in [7, 11) is 3.06. The van der Waals surface area contributed by atoms with Gasteiger partial charge in [0, 0.05) is 6.42 Å². The van der Waals surface area contributed by atoms with Gasteiger partial charge in [0.1, 0.15) is 11.8 Å². The number of aliphatic hydroxyl groups excluding tert-OH is 1. The zero-order valence-electron chi connectivity index (χ0n) is 10.7. The molecule has 1 atom stereocenters. The van der Waals surface area contributed by atoms with Gasteiger partial charge in [-0.05, 0) is 24.7 Å². The van der Waals surface area contributed by atoms with E-state index in [1.807, 2.05) is 18.2 Å². The minimum atomic E-state index is -0.365. The quantitative estimate of drug-likeness (QED) is 0.700. The number of carbonyl (C=O) groups is 1. The molecule has 0 aliphatic heterocycles. The van der Waals surface area contributed by atoms with Crippen molar-refractivity contribution in [3.05, 3.63) is 29.8 Å². The molecule has 0 heterocycles. The van der Waals surface area contributed by atoms with Crippen LogP contribution < -0.4 is 10.1 Å². The van der Waals surface area contributed by atoms with Gasteiger partial charge in [0.05, 0.1) is 20.3 Å². The van der Waals surface area contributed by atoms with Gasteiger partial charge in [-0.15, -0.1) is 0 Å². The zero-order valence-corrected chi connectivity index (χ0v) is 10.7. The third kappa shape index (κ3) is 4.35. The summed E-state index contributed by atoms with van der Waals surface area (Å²) in [4.78, 5) is 11.3. The fraction of sp³-hybridized carbons (Fsp3) is 0.462. The molecule has 0 fully saturated rings. The molecule has 5 nitrogen and oxygen atoms in total. The molecular formula is C13H19NO4. The van der Waals surface area contributed by atoms with Crippen LogP contribution >= 0.6 is 0 Å². The van der Waals surface area contributed by atoms with Crippen LogP contribution in [0.25, 0.3) is 0 Å². The first-order valence-electron chi connectivity index (χ1n) is 5.79. The number of likely N-dealkylation sites (N-methyl/N-ethyl adjacent to an activating group) is 1. The Balaban J connectivity index is 2.42. The second-order valence-electron chi connectivity index (χ2n) is 3.81. The highest BCUT2D eigenvalue weighted by Crippen LogP contribution is 2.13. The van der Waals surface area contributed by atoms with Crippen LogP contribution in [-0.2, 0) is 16.1 Å². The van der Waals surface area contributed by atoms with Crippen molar-refractivity contribution in [2.75, 3.05) is 20.8 Å². The summed E-state index contributed by atoms with van der Waals surface area (Å²) in [5, 5.41) is 11.9. The number of nitrogens with one attached hydrogen (secondary N) is 1. The molecule has 100 valence electrons. The predicted octanol–water partition coefficient (Wildman–Crippen LogP) is 0.709. The molecule has 0 radical (unpaired) electrons. The largest absolute Gasteiger partial charge is 0.494 e. The molecule has 18 heavy (non-hydrogen) atoms. The van der Waals surface area contributed by atoms with Gasteiger partial charge in [-0.3, -0.25) is 4.79 Å². The van der Waals surface area contributed by atoms with Gasteiger partial charge in [-0.25, -0.2) is 0 Å². The van der Waals surface area contributed by atoms with Crippen molar-refractivity contribution in [2.24, 2.45) is 0 Å². The van der Waals surface area contributed by atoms with Crippen molar-refractivity contribution >= 4 is 5.97 Å². The summed E-state index contributed by atoms with van der Waals surface area (Å²) in [5.41, 5.74) is 0.797. The van der Waals surface area contributed by atoms with Crippen molar-refractivity contribution in [3.8, 4) is 5.75 Å². The van der Waals surface area contributed by atoms with Crippen molar-refractivity contribution in [3.63, 3.8) is 0 Å². The van der Waals surface area contributed by atoms with Crippen LogP contribution in [0.1, 0.15) is 12.0 Å². The molecule has 0 aromatic heterocycles. The molecular weight excluding hydrogens is 234 g/mol. The molecule has 0 aliphatic carbocycles. The molecule has 0 aliphatic rings. The van der Waals surface area contributed by atoms with E-state index in [2.05, 4.69) is 10.1 Å². The molecule has 1 aromatic carbocycles. The predicted molar refractivity (Wildman–Crippen MR) is 67.3 cm³/mol. The topological polar surface area (TPSA) is 67.8 Å². The summed E-state index contributed by atoms with van der Waals surface area (Å²) in [6, 6.07) is 6.85. The Hall–Kier alpha value is -1.59. The lowest BCUT2D eigenvalue weighted by Crippen LogP contribution is -2.36. The Morgan fingerprint density at radius 3 is 2.89 bits per heavy atom. The second kappa shape index (κ2) is 7.68. The number of carbonyl (C=O) groups excluding carboxylic acids is 1. The van der Waals surface area contributed by atoms with Gasteiger partial charge in [0.2, 0.25) is 0 Å². The van der Waals surface area contributed by atoms with Crippen molar-refractivity contribution < 1.29 is 19.4 Å². The third-order valence-electron chi connectivity index (χ3n) is 2.59. The van der Waals surface area contributed by atoms with Gasteiger partial charge in [-0.2, -0.15) is 0 Å².